The van der Waals surface area contributed by atoms with Crippen LogP contribution in [0.2, 0.25) is 0 Å². The minimum Gasteiger partial charge on any atom is -0.354 e. The second kappa shape index (κ2) is 12.4. The predicted molar refractivity (Wildman–Crippen MR) is 134 cm³/mol. The first-order chi connectivity index (χ1) is 16.3. The van der Waals surface area contributed by atoms with Crippen LogP contribution in [0.4, 0.5) is 0 Å². The van der Waals surface area contributed by atoms with Gasteiger partial charge < -0.3 is 15.5 Å². The van der Waals surface area contributed by atoms with Crippen LogP contribution >= 0.6 is 0 Å². The molecule has 3 amide bonds. The molecular weight excluding hydrogens is 426 g/mol. The normalized spacial score (nSPS) is 15.1. The Labute approximate surface area is 203 Å². The standard InChI is InChI=1S/C28H37N3O3/c1-20(2)19-29-28(34)26(30-27(33)24-12-9-21(3)10-13-24)23-15-17-31(18-16-23)25(32)14-11-22-7-5-4-6-8-22/h4-10,12-13,20,23,26H,11,14-19H2,1-3H3,(H,29,34)(H,30,33). The Bertz CT molecular complexity index is 949. The molecule has 2 aromatic rings. The molecule has 1 atom stereocenters. The van der Waals surface area contributed by atoms with Gasteiger partial charge in [-0.15, -0.1) is 0 Å². The summed E-state index contributed by atoms with van der Waals surface area (Å²) in [6.45, 7) is 7.82. The summed E-state index contributed by atoms with van der Waals surface area (Å²) >= 11 is 0. The molecule has 0 radical (unpaired) electrons. The van der Waals surface area contributed by atoms with E-state index in [1.807, 2.05) is 68.1 Å². The first kappa shape index (κ1) is 25.5. The topological polar surface area (TPSA) is 78.5 Å². The highest BCUT2D eigenvalue weighted by molar-refractivity contribution is 5.97. The number of benzene rings is 2. The van der Waals surface area contributed by atoms with Gasteiger partial charge in [0.2, 0.25) is 11.8 Å². The smallest absolute Gasteiger partial charge is 0.251 e. The number of hydrogen-bond donors (Lipinski definition) is 2. The van der Waals surface area contributed by atoms with Crippen molar-refractivity contribution in [2.24, 2.45) is 11.8 Å². The number of rotatable bonds is 9. The summed E-state index contributed by atoms with van der Waals surface area (Å²) in [5.74, 6) is 0.0575. The number of nitrogens with one attached hydrogen (secondary N) is 2. The summed E-state index contributed by atoms with van der Waals surface area (Å²) in [7, 11) is 0. The zero-order valence-corrected chi connectivity index (χ0v) is 20.5. The van der Waals surface area contributed by atoms with Crippen LogP contribution in [0.5, 0.6) is 0 Å². The van der Waals surface area contributed by atoms with Gasteiger partial charge in [0, 0.05) is 31.6 Å². The van der Waals surface area contributed by atoms with Crippen molar-refractivity contribution in [3.63, 3.8) is 0 Å². The van der Waals surface area contributed by atoms with E-state index in [1.54, 1.807) is 12.1 Å². The van der Waals surface area contributed by atoms with E-state index in [0.717, 1.165) is 17.5 Å². The molecule has 1 unspecified atom stereocenters. The molecule has 1 saturated heterocycles. The minimum absolute atomic E-state index is 0.0141. The van der Waals surface area contributed by atoms with Gasteiger partial charge in [-0.05, 0) is 55.7 Å². The molecule has 0 saturated carbocycles. The highest BCUT2D eigenvalue weighted by Gasteiger charge is 2.34. The van der Waals surface area contributed by atoms with Gasteiger partial charge in [-0.2, -0.15) is 0 Å². The lowest BCUT2D eigenvalue weighted by molar-refractivity contribution is -0.133. The van der Waals surface area contributed by atoms with Crippen molar-refractivity contribution >= 4 is 17.7 Å². The van der Waals surface area contributed by atoms with Crippen LogP contribution in [-0.4, -0.2) is 48.3 Å². The second-order valence-corrected chi connectivity index (χ2v) is 9.66. The number of carbonyl (C=O) groups is 3. The van der Waals surface area contributed by atoms with Gasteiger partial charge in [0.25, 0.3) is 5.91 Å². The Hall–Kier alpha value is -3.15. The lowest BCUT2D eigenvalue weighted by Crippen LogP contribution is -2.54. The van der Waals surface area contributed by atoms with E-state index in [2.05, 4.69) is 10.6 Å². The van der Waals surface area contributed by atoms with Gasteiger partial charge >= 0.3 is 0 Å². The van der Waals surface area contributed by atoms with E-state index < -0.39 is 6.04 Å². The quantitative estimate of drug-likeness (QED) is 0.595. The van der Waals surface area contributed by atoms with Crippen LogP contribution in [0.15, 0.2) is 54.6 Å². The zero-order valence-electron chi connectivity index (χ0n) is 20.5. The third kappa shape index (κ3) is 7.44. The van der Waals surface area contributed by atoms with E-state index in [-0.39, 0.29) is 23.6 Å². The molecule has 1 aliphatic rings. The van der Waals surface area contributed by atoms with Crippen molar-refractivity contribution in [3.05, 3.63) is 71.3 Å². The molecule has 0 aliphatic carbocycles. The van der Waals surface area contributed by atoms with E-state index in [9.17, 15) is 14.4 Å². The maximum atomic E-state index is 13.0. The fourth-order valence-electron chi connectivity index (χ4n) is 4.28. The van der Waals surface area contributed by atoms with E-state index in [0.29, 0.717) is 50.4 Å². The van der Waals surface area contributed by atoms with Gasteiger partial charge in [0.15, 0.2) is 0 Å². The summed E-state index contributed by atoms with van der Waals surface area (Å²) < 4.78 is 0. The molecule has 2 N–H and O–H groups in total. The summed E-state index contributed by atoms with van der Waals surface area (Å²) in [4.78, 5) is 40.5. The third-order valence-electron chi connectivity index (χ3n) is 6.40. The average Bonchev–Trinajstić information content (AvgIpc) is 2.85. The third-order valence-corrected chi connectivity index (χ3v) is 6.40. The Morgan fingerprint density at radius 3 is 2.24 bits per heavy atom. The molecular formula is C28H37N3O3. The van der Waals surface area contributed by atoms with Crippen LogP contribution in [-0.2, 0) is 16.0 Å². The number of amides is 3. The van der Waals surface area contributed by atoms with Crippen molar-refractivity contribution in [3.8, 4) is 0 Å². The minimum atomic E-state index is -0.617. The lowest BCUT2D eigenvalue weighted by Gasteiger charge is -2.36. The monoisotopic (exact) mass is 463 g/mol. The molecule has 182 valence electrons. The predicted octanol–water partition coefficient (Wildman–Crippen LogP) is 3.74. The highest BCUT2D eigenvalue weighted by Crippen LogP contribution is 2.22. The zero-order chi connectivity index (χ0) is 24.5. The van der Waals surface area contributed by atoms with Gasteiger partial charge in [-0.1, -0.05) is 61.9 Å². The molecule has 2 aromatic carbocycles. The van der Waals surface area contributed by atoms with Crippen LogP contribution in [0, 0.1) is 18.8 Å². The number of aryl methyl sites for hydroxylation is 2. The molecule has 0 spiro atoms. The fourth-order valence-corrected chi connectivity index (χ4v) is 4.28. The maximum absolute atomic E-state index is 13.0. The fraction of sp³-hybridized carbons (Fsp3) is 0.464. The van der Waals surface area contributed by atoms with Gasteiger partial charge in [-0.3, -0.25) is 14.4 Å². The molecule has 1 heterocycles. The molecule has 3 rings (SSSR count). The average molecular weight is 464 g/mol. The SMILES string of the molecule is Cc1ccc(C(=O)NC(C(=O)NCC(C)C)C2CCN(C(=O)CCc3ccccc3)CC2)cc1. The largest absolute Gasteiger partial charge is 0.354 e. The Morgan fingerprint density at radius 1 is 0.971 bits per heavy atom. The van der Waals surface area contributed by atoms with Crippen LogP contribution in [0.1, 0.15) is 54.6 Å². The van der Waals surface area contributed by atoms with Crippen molar-refractivity contribution in [2.75, 3.05) is 19.6 Å². The molecule has 0 aromatic heterocycles. The molecule has 6 heteroatoms. The number of piperidine rings is 1. The molecule has 6 nitrogen and oxygen atoms in total. The van der Waals surface area contributed by atoms with E-state index in [1.165, 1.54) is 0 Å². The molecule has 1 aliphatic heterocycles. The Balaban J connectivity index is 1.59. The van der Waals surface area contributed by atoms with Gasteiger partial charge in [0.1, 0.15) is 6.04 Å². The van der Waals surface area contributed by atoms with Crippen molar-refractivity contribution in [1.29, 1.82) is 0 Å². The number of likely N-dealkylation sites (tertiary alicyclic amines) is 1. The van der Waals surface area contributed by atoms with Crippen LogP contribution in [0.3, 0.4) is 0 Å². The van der Waals surface area contributed by atoms with E-state index >= 15 is 0 Å². The number of hydrogen-bond acceptors (Lipinski definition) is 3. The Kier molecular flexibility index (Phi) is 9.25. The molecule has 0 bridgehead atoms. The van der Waals surface area contributed by atoms with Crippen LogP contribution in [0.25, 0.3) is 0 Å². The molecule has 34 heavy (non-hydrogen) atoms. The molecule has 1 fully saturated rings. The number of nitrogens with zero attached hydrogens (tertiary/aromatic N) is 1. The van der Waals surface area contributed by atoms with Gasteiger partial charge in [0.05, 0.1) is 0 Å². The maximum Gasteiger partial charge on any atom is 0.251 e. The van der Waals surface area contributed by atoms with Crippen LogP contribution < -0.4 is 10.6 Å². The summed E-state index contributed by atoms with van der Waals surface area (Å²) in [6.07, 6.45) is 2.58. The van der Waals surface area contributed by atoms with Crippen molar-refractivity contribution in [2.45, 2.75) is 52.5 Å². The first-order valence-corrected chi connectivity index (χ1v) is 12.3. The summed E-state index contributed by atoms with van der Waals surface area (Å²) in [5, 5.41) is 5.97. The summed E-state index contributed by atoms with van der Waals surface area (Å²) in [5.41, 5.74) is 2.78. The van der Waals surface area contributed by atoms with Crippen molar-refractivity contribution < 1.29 is 14.4 Å². The second-order valence-electron chi connectivity index (χ2n) is 9.66. The Morgan fingerprint density at radius 2 is 1.62 bits per heavy atom. The first-order valence-electron chi connectivity index (χ1n) is 12.3. The van der Waals surface area contributed by atoms with Gasteiger partial charge in [-0.25, -0.2) is 0 Å². The highest BCUT2D eigenvalue weighted by atomic mass is 16.2. The van der Waals surface area contributed by atoms with Crippen molar-refractivity contribution in [1.82, 2.24) is 15.5 Å². The lowest BCUT2D eigenvalue weighted by atomic mass is 9.88. The summed E-state index contributed by atoms with van der Waals surface area (Å²) in [6, 6.07) is 16.7. The van der Waals surface area contributed by atoms with E-state index in [4.69, 9.17) is 0 Å². The number of carbonyl (C=O) groups excluding carboxylic acids is 3.